The zero-order valence-electron chi connectivity index (χ0n) is 19.1. The average molecular weight is 462 g/mol. The number of hydroxylamine groups is 2. The number of carbonyl (C=O) groups is 2. The van der Waals surface area contributed by atoms with Crippen LogP contribution in [0.15, 0.2) is 65.7 Å². The lowest BCUT2D eigenvalue weighted by Gasteiger charge is -2.42. The van der Waals surface area contributed by atoms with Crippen molar-refractivity contribution < 1.29 is 19.4 Å². The first-order valence-corrected chi connectivity index (χ1v) is 11.1. The molecule has 0 saturated carbocycles. The molecule has 0 spiro atoms. The number of benzene rings is 3. The molecule has 1 heterocycles. The highest BCUT2D eigenvalue weighted by atomic mass is 16.6. The molecule has 0 bridgehead atoms. The molecule has 176 valence electrons. The van der Waals surface area contributed by atoms with E-state index in [1.807, 2.05) is 56.3 Å². The Morgan fingerprint density at radius 1 is 1.18 bits per heavy atom. The number of carboxylic acids is 1. The van der Waals surface area contributed by atoms with Crippen molar-refractivity contribution in [2.45, 2.75) is 32.9 Å². The number of hydrogen-bond acceptors (Lipinski definition) is 4. The molecular formula is C26H27N3O5. The Kier molecular flexibility index (Phi) is 6.37. The number of nitrogens with zero attached hydrogens (tertiary/aromatic N) is 2. The van der Waals surface area contributed by atoms with E-state index in [2.05, 4.69) is 4.99 Å². The molecule has 3 aromatic carbocycles. The Bertz CT molecular complexity index is 1280. The topological polar surface area (TPSA) is 125 Å². The van der Waals surface area contributed by atoms with Crippen molar-refractivity contribution in [1.29, 1.82) is 0 Å². The molecule has 0 fully saturated rings. The number of hydrogen-bond donors (Lipinski definition) is 2. The van der Waals surface area contributed by atoms with E-state index in [-0.39, 0.29) is 31.3 Å². The predicted octanol–water partition coefficient (Wildman–Crippen LogP) is 4.35. The van der Waals surface area contributed by atoms with Crippen LogP contribution in [0.25, 0.3) is 10.8 Å². The number of aliphatic imine (C=N–C) groups is 1. The van der Waals surface area contributed by atoms with Crippen molar-refractivity contribution in [2.75, 3.05) is 6.61 Å². The fourth-order valence-electron chi connectivity index (χ4n) is 4.35. The van der Waals surface area contributed by atoms with Gasteiger partial charge in [0.05, 0.1) is 6.61 Å². The van der Waals surface area contributed by atoms with Crippen molar-refractivity contribution in [3.8, 4) is 0 Å². The molecule has 2 atom stereocenters. The molecule has 1 amide bonds. The summed E-state index contributed by atoms with van der Waals surface area (Å²) < 4.78 is 3.99. The van der Waals surface area contributed by atoms with E-state index < -0.39 is 22.8 Å². The number of amidine groups is 1. The second-order valence-electron chi connectivity index (χ2n) is 8.96. The molecule has 8 nitrogen and oxygen atoms in total. The predicted molar refractivity (Wildman–Crippen MR) is 131 cm³/mol. The van der Waals surface area contributed by atoms with Gasteiger partial charge in [0.1, 0.15) is 18.1 Å². The summed E-state index contributed by atoms with van der Waals surface area (Å²) in [5, 5.41) is 26.0. The third-order valence-corrected chi connectivity index (χ3v) is 6.03. The van der Waals surface area contributed by atoms with Crippen LogP contribution in [0.3, 0.4) is 0 Å². The van der Waals surface area contributed by atoms with Crippen molar-refractivity contribution in [2.24, 2.45) is 16.6 Å². The van der Waals surface area contributed by atoms with E-state index in [0.717, 1.165) is 16.3 Å². The number of carbonyl (C=O) groups excluding carboxylic acids is 1. The van der Waals surface area contributed by atoms with E-state index in [1.165, 1.54) is 0 Å². The van der Waals surface area contributed by atoms with Gasteiger partial charge in [0.15, 0.2) is 6.04 Å². The Hall–Kier alpha value is -3.75. The van der Waals surface area contributed by atoms with Crippen molar-refractivity contribution in [3.63, 3.8) is 0 Å². The Labute approximate surface area is 197 Å². The second-order valence-corrected chi connectivity index (χ2v) is 8.96. The van der Waals surface area contributed by atoms with Crippen LogP contribution < -0.4 is 10.4 Å². The number of quaternary nitrogens is 1. The van der Waals surface area contributed by atoms with Gasteiger partial charge in [0.25, 0.3) is 0 Å². The van der Waals surface area contributed by atoms with Crippen LogP contribution in [0.4, 0.5) is 10.5 Å². The van der Waals surface area contributed by atoms with Gasteiger partial charge in [0, 0.05) is 29.2 Å². The van der Waals surface area contributed by atoms with E-state index in [1.54, 1.807) is 18.2 Å². The summed E-state index contributed by atoms with van der Waals surface area (Å²) in [6.45, 7) is 3.97. The van der Waals surface area contributed by atoms with Gasteiger partial charge in [-0.1, -0.05) is 68.4 Å². The van der Waals surface area contributed by atoms with Crippen LogP contribution in [-0.2, 0) is 22.5 Å². The number of rotatable bonds is 6. The molecule has 3 N–H and O–H groups in total. The SMILES string of the molecule is CC(C)COC(=O)/N=C(/N)c1ccc2c(c1)[N+]([O-])(Cc1cccc3ccccc13)C(C(=O)O)C2. The van der Waals surface area contributed by atoms with Crippen molar-refractivity contribution >= 4 is 34.4 Å². The fourth-order valence-corrected chi connectivity index (χ4v) is 4.35. The maximum atomic E-state index is 14.3. The summed E-state index contributed by atoms with van der Waals surface area (Å²) in [5.41, 5.74) is 8.11. The summed E-state index contributed by atoms with van der Waals surface area (Å²) in [7, 11) is 0. The van der Waals surface area contributed by atoms with E-state index in [4.69, 9.17) is 10.5 Å². The maximum absolute atomic E-state index is 14.3. The normalized spacial score (nSPS) is 19.9. The first-order chi connectivity index (χ1) is 16.2. The number of amides is 1. The van der Waals surface area contributed by atoms with Crippen LogP contribution >= 0.6 is 0 Å². The van der Waals surface area contributed by atoms with Crippen molar-refractivity contribution in [1.82, 2.24) is 4.65 Å². The Morgan fingerprint density at radius 3 is 2.65 bits per heavy atom. The molecule has 4 rings (SSSR count). The molecule has 34 heavy (non-hydrogen) atoms. The summed E-state index contributed by atoms with van der Waals surface area (Å²) in [4.78, 5) is 27.9. The van der Waals surface area contributed by atoms with Gasteiger partial charge >= 0.3 is 12.1 Å². The number of ether oxygens (including phenoxy) is 1. The van der Waals surface area contributed by atoms with Gasteiger partial charge in [-0.25, -0.2) is 9.59 Å². The lowest BCUT2D eigenvalue weighted by Crippen LogP contribution is -2.52. The van der Waals surface area contributed by atoms with Crippen LogP contribution in [0.5, 0.6) is 0 Å². The average Bonchev–Trinajstić information content (AvgIpc) is 3.10. The molecular weight excluding hydrogens is 434 g/mol. The third kappa shape index (κ3) is 4.50. The zero-order valence-corrected chi connectivity index (χ0v) is 19.1. The van der Waals surface area contributed by atoms with Gasteiger partial charge in [-0.3, -0.25) is 0 Å². The molecule has 0 aliphatic carbocycles. The second kappa shape index (κ2) is 9.24. The summed E-state index contributed by atoms with van der Waals surface area (Å²) >= 11 is 0. The number of nitrogens with two attached hydrogens (primary N) is 1. The first-order valence-electron chi connectivity index (χ1n) is 11.1. The number of carboxylic acid groups (broad SMARTS) is 1. The molecule has 1 aliphatic heterocycles. The third-order valence-electron chi connectivity index (χ3n) is 6.03. The van der Waals surface area contributed by atoms with E-state index in [0.29, 0.717) is 16.8 Å². The van der Waals surface area contributed by atoms with Crippen LogP contribution in [0.1, 0.15) is 30.5 Å². The zero-order chi connectivity index (χ0) is 24.5. The van der Waals surface area contributed by atoms with Crippen LogP contribution in [0, 0.1) is 11.1 Å². The minimum atomic E-state index is -1.20. The summed E-state index contributed by atoms with van der Waals surface area (Å²) in [6, 6.07) is 17.0. The van der Waals surface area contributed by atoms with Gasteiger partial charge in [-0.05, 0) is 16.7 Å². The highest BCUT2D eigenvalue weighted by Crippen LogP contribution is 2.41. The minimum Gasteiger partial charge on any atom is -0.626 e. The maximum Gasteiger partial charge on any atom is 0.435 e. The molecule has 0 radical (unpaired) electrons. The summed E-state index contributed by atoms with van der Waals surface area (Å²) in [5.74, 6) is -1.10. The smallest absolute Gasteiger partial charge is 0.435 e. The van der Waals surface area contributed by atoms with Crippen molar-refractivity contribution in [3.05, 3.63) is 82.6 Å². The lowest BCUT2D eigenvalue weighted by molar-refractivity contribution is -0.141. The fraction of sp³-hybridized carbons (Fsp3) is 0.269. The van der Waals surface area contributed by atoms with Gasteiger partial charge in [0.2, 0.25) is 0 Å². The molecule has 0 saturated heterocycles. The monoisotopic (exact) mass is 461 g/mol. The molecule has 3 aromatic rings. The largest absolute Gasteiger partial charge is 0.626 e. The quantitative estimate of drug-likeness (QED) is 0.243. The highest BCUT2D eigenvalue weighted by Gasteiger charge is 2.45. The Balaban J connectivity index is 1.72. The standard InChI is InChI=1S/C26H27N3O5/c1-16(2)15-34-26(32)28-24(27)19-11-10-18-12-23(25(30)31)29(33,22(18)13-19)14-20-8-5-7-17-6-3-4-9-21(17)20/h3-11,13,16,23H,12,14-15H2,1-2H3,(H,30,31)(H2,27,28,32). The molecule has 2 unspecified atom stereocenters. The molecule has 1 aliphatic rings. The molecule has 8 heteroatoms. The van der Waals surface area contributed by atoms with E-state index in [9.17, 15) is 19.9 Å². The molecule has 0 aromatic heterocycles. The minimum absolute atomic E-state index is 0.0533. The first kappa shape index (κ1) is 23.4. The number of fused-ring (bicyclic) bond motifs is 2. The van der Waals surface area contributed by atoms with Crippen LogP contribution in [0.2, 0.25) is 0 Å². The summed E-state index contributed by atoms with van der Waals surface area (Å²) in [6.07, 6.45) is -0.707. The van der Waals surface area contributed by atoms with Crippen LogP contribution in [-0.4, -0.2) is 35.7 Å². The Morgan fingerprint density at radius 2 is 1.91 bits per heavy atom. The number of aliphatic carboxylic acids is 1. The lowest BCUT2D eigenvalue weighted by atomic mass is 10.0. The van der Waals surface area contributed by atoms with Gasteiger partial charge in [-0.2, -0.15) is 4.99 Å². The van der Waals surface area contributed by atoms with Gasteiger partial charge in [-0.15, -0.1) is 0 Å². The van der Waals surface area contributed by atoms with Gasteiger partial charge < -0.3 is 25.4 Å². The highest BCUT2D eigenvalue weighted by molar-refractivity contribution is 6.03. The van der Waals surface area contributed by atoms with E-state index >= 15 is 0 Å².